The zero-order chi connectivity index (χ0) is 15.4. The molecule has 0 saturated carbocycles. The van der Waals surface area contributed by atoms with Crippen molar-refractivity contribution < 1.29 is 0 Å². The highest BCUT2D eigenvalue weighted by Crippen LogP contribution is 2.27. The zero-order valence-electron chi connectivity index (χ0n) is 14.0. The number of nitrogens with one attached hydrogen (secondary N) is 2. The molecule has 21 heavy (non-hydrogen) atoms. The van der Waals surface area contributed by atoms with Crippen LogP contribution in [0.2, 0.25) is 0 Å². The second-order valence-electron chi connectivity index (χ2n) is 6.17. The largest absolute Gasteiger partial charge is 0.315 e. The Labute approximate surface area is 135 Å². The quantitative estimate of drug-likeness (QED) is 0.569. The summed E-state index contributed by atoms with van der Waals surface area (Å²) in [7, 11) is 0. The fourth-order valence-corrected chi connectivity index (χ4v) is 3.05. The molecule has 0 aromatic heterocycles. The summed E-state index contributed by atoms with van der Waals surface area (Å²) in [5, 5.41) is 7.06. The van der Waals surface area contributed by atoms with Crippen molar-refractivity contribution in [3.05, 3.63) is 35.9 Å². The minimum absolute atomic E-state index is 0.276. The summed E-state index contributed by atoms with van der Waals surface area (Å²) in [6.07, 6.45) is 3.94. The SMILES string of the molecule is CCCCCNCCNCC(C)(C)SCc1ccccc1. The second-order valence-corrected chi connectivity index (χ2v) is 7.85. The van der Waals surface area contributed by atoms with E-state index in [9.17, 15) is 0 Å². The number of thioether (sulfide) groups is 1. The van der Waals surface area contributed by atoms with Gasteiger partial charge >= 0.3 is 0 Å². The molecule has 0 amide bonds. The highest BCUT2D eigenvalue weighted by molar-refractivity contribution is 7.99. The maximum atomic E-state index is 3.57. The Balaban J connectivity index is 2.04. The van der Waals surface area contributed by atoms with E-state index in [0.717, 1.165) is 31.9 Å². The van der Waals surface area contributed by atoms with Crippen LogP contribution >= 0.6 is 11.8 Å². The molecule has 2 N–H and O–H groups in total. The predicted molar refractivity (Wildman–Crippen MR) is 97.1 cm³/mol. The summed E-state index contributed by atoms with van der Waals surface area (Å²) < 4.78 is 0.276. The normalized spacial score (nSPS) is 11.8. The van der Waals surface area contributed by atoms with Gasteiger partial charge in [0.2, 0.25) is 0 Å². The first kappa shape index (κ1) is 18.5. The van der Waals surface area contributed by atoms with Crippen LogP contribution in [0.25, 0.3) is 0 Å². The molecule has 0 aliphatic carbocycles. The van der Waals surface area contributed by atoms with Gasteiger partial charge in [-0.05, 0) is 32.4 Å². The second kappa shape index (κ2) is 11.1. The summed E-state index contributed by atoms with van der Waals surface area (Å²) in [4.78, 5) is 0. The Morgan fingerprint density at radius 1 is 0.952 bits per heavy atom. The molecule has 0 radical (unpaired) electrons. The van der Waals surface area contributed by atoms with E-state index in [2.05, 4.69) is 61.7 Å². The molecule has 3 heteroatoms. The van der Waals surface area contributed by atoms with Crippen molar-refractivity contribution in [2.24, 2.45) is 0 Å². The molecular weight excluding hydrogens is 276 g/mol. The molecule has 1 rings (SSSR count). The van der Waals surface area contributed by atoms with Crippen molar-refractivity contribution >= 4 is 11.8 Å². The summed E-state index contributed by atoms with van der Waals surface area (Å²) >= 11 is 2.02. The molecule has 0 unspecified atom stereocenters. The number of hydrogen-bond donors (Lipinski definition) is 2. The predicted octanol–water partition coefficient (Wildman–Crippen LogP) is 4.07. The van der Waals surface area contributed by atoms with Crippen LogP contribution in [0.4, 0.5) is 0 Å². The topological polar surface area (TPSA) is 24.1 Å². The van der Waals surface area contributed by atoms with E-state index in [1.54, 1.807) is 0 Å². The molecule has 0 spiro atoms. The summed E-state index contributed by atoms with van der Waals surface area (Å²) in [5.74, 6) is 1.09. The Morgan fingerprint density at radius 3 is 2.38 bits per heavy atom. The van der Waals surface area contributed by atoms with Crippen molar-refractivity contribution in [1.29, 1.82) is 0 Å². The van der Waals surface area contributed by atoms with E-state index in [1.807, 2.05) is 11.8 Å². The third kappa shape index (κ3) is 9.94. The Hall–Kier alpha value is -0.510. The standard InChI is InChI=1S/C18H32N2S/c1-4-5-9-12-19-13-14-20-16-18(2,3)21-15-17-10-7-6-8-11-17/h6-8,10-11,19-20H,4-5,9,12-16H2,1-3H3. The molecule has 0 heterocycles. The molecule has 0 saturated heterocycles. The van der Waals surface area contributed by atoms with Gasteiger partial charge in [0.25, 0.3) is 0 Å². The van der Waals surface area contributed by atoms with Crippen LogP contribution in [0.5, 0.6) is 0 Å². The van der Waals surface area contributed by atoms with Crippen molar-refractivity contribution in [1.82, 2.24) is 10.6 Å². The van der Waals surface area contributed by atoms with Gasteiger partial charge in [-0.15, -0.1) is 11.8 Å². The third-order valence-electron chi connectivity index (χ3n) is 3.46. The van der Waals surface area contributed by atoms with Gasteiger partial charge in [0.15, 0.2) is 0 Å². The number of hydrogen-bond acceptors (Lipinski definition) is 3. The van der Waals surface area contributed by atoms with Crippen molar-refractivity contribution in [3.8, 4) is 0 Å². The van der Waals surface area contributed by atoms with Gasteiger partial charge in [0, 0.05) is 30.1 Å². The van der Waals surface area contributed by atoms with Gasteiger partial charge in [0.1, 0.15) is 0 Å². The lowest BCUT2D eigenvalue weighted by Gasteiger charge is -2.24. The molecule has 2 nitrogen and oxygen atoms in total. The lowest BCUT2D eigenvalue weighted by Crippen LogP contribution is -2.36. The minimum Gasteiger partial charge on any atom is -0.315 e. The lowest BCUT2D eigenvalue weighted by molar-refractivity contribution is 0.551. The molecule has 120 valence electrons. The van der Waals surface area contributed by atoms with Gasteiger partial charge in [-0.1, -0.05) is 50.1 Å². The summed E-state index contributed by atoms with van der Waals surface area (Å²) in [6.45, 7) is 11.2. The molecule has 0 bridgehead atoms. The first-order valence-electron chi connectivity index (χ1n) is 8.23. The van der Waals surface area contributed by atoms with Gasteiger partial charge in [0.05, 0.1) is 0 Å². The molecule has 0 aliphatic heterocycles. The van der Waals surface area contributed by atoms with Gasteiger partial charge < -0.3 is 10.6 Å². The van der Waals surface area contributed by atoms with E-state index >= 15 is 0 Å². The van der Waals surface area contributed by atoms with Crippen molar-refractivity contribution in [2.45, 2.75) is 50.5 Å². The van der Waals surface area contributed by atoms with E-state index < -0.39 is 0 Å². The lowest BCUT2D eigenvalue weighted by atomic mass is 10.2. The van der Waals surface area contributed by atoms with Crippen LogP contribution < -0.4 is 10.6 Å². The Bertz CT molecular complexity index is 351. The summed E-state index contributed by atoms with van der Waals surface area (Å²) in [6, 6.07) is 10.7. The number of benzene rings is 1. The smallest absolute Gasteiger partial charge is 0.0231 e. The van der Waals surface area contributed by atoms with E-state index in [4.69, 9.17) is 0 Å². The van der Waals surface area contributed by atoms with Crippen LogP contribution in [0.15, 0.2) is 30.3 Å². The zero-order valence-corrected chi connectivity index (χ0v) is 14.8. The molecule has 1 aromatic rings. The van der Waals surface area contributed by atoms with Crippen molar-refractivity contribution in [3.63, 3.8) is 0 Å². The molecule has 0 aliphatic rings. The van der Waals surface area contributed by atoms with E-state index in [-0.39, 0.29) is 4.75 Å². The van der Waals surface area contributed by atoms with Gasteiger partial charge in [-0.25, -0.2) is 0 Å². The molecule has 0 atom stereocenters. The monoisotopic (exact) mass is 308 g/mol. The van der Waals surface area contributed by atoms with Crippen LogP contribution in [-0.2, 0) is 5.75 Å². The number of unbranched alkanes of at least 4 members (excludes halogenated alkanes) is 2. The van der Waals surface area contributed by atoms with Crippen molar-refractivity contribution in [2.75, 3.05) is 26.2 Å². The average molecular weight is 309 g/mol. The van der Waals surface area contributed by atoms with Gasteiger partial charge in [-0.3, -0.25) is 0 Å². The Morgan fingerprint density at radius 2 is 1.67 bits per heavy atom. The van der Waals surface area contributed by atoms with E-state index in [1.165, 1.54) is 24.8 Å². The fraction of sp³-hybridized carbons (Fsp3) is 0.667. The Kier molecular flexibility index (Phi) is 9.81. The van der Waals surface area contributed by atoms with E-state index in [0.29, 0.717) is 0 Å². The summed E-state index contributed by atoms with van der Waals surface area (Å²) in [5.41, 5.74) is 1.41. The average Bonchev–Trinajstić information content (AvgIpc) is 2.49. The highest BCUT2D eigenvalue weighted by Gasteiger charge is 2.17. The molecule has 1 aromatic carbocycles. The third-order valence-corrected chi connectivity index (χ3v) is 4.86. The first-order chi connectivity index (χ1) is 10.1. The van der Waals surface area contributed by atoms with Gasteiger partial charge in [-0.2, -0.15) is 0 Å². The maximum Gasteiger partial charge on any atom is 0.0231 e. The first-order valence-corrected chi connectivity index (χ1v) is 9.22. The highest BCUT2D eigenvalue weighted by atomic mass is 32.2. The number of rotatable bonds is 12. The maximum absolute atomic E-state index is 3.57. The van der Waals surface area contributed by atoms with Crippen LogP contribution in [0, 0.1) is 0 Å². The minimum atomic E-state index is 0.276. The van der Waals surface area contributed by atoms with Crippen LogP contribution in [0.1, 0.15) is 45.6 Å². The van der Waals surface area contributed by atoms with Crippen LogP contribution in [-0.4, -0.2) is 30.9 Å². The molecule has 0 fully saturated rings. The van der Waals surface area contributed by atoms with Crippen LogP contribution in [0.3, 0.4) is 0 Å². The molecular formula is C18H32N2S. The fourth-order valence-electron chi connectivity index (χ4n) is 2.10.